The maximum absolute atomic E-state index is 12.3. The van der Waals surface area contributed by atoms with Gasteiger partial charge in [0.2, 0.25) is 0 Å². The lowest BCUT2D eigenvalue weighted by molar-refractivity contribution is 0.0949. The highest BCUT2D eigenvalue weighted by atomic mass is 35.5. The van der Waals surface area contributed by atoms with Crippen LogP contribution in [-0.4, -0.2) is 36.3 Å². The van der Waals surface area contributed by atoms with E-state index in [1.807, 2.05) is 17.5 Å². The zero-order valence-corrected chi connectivity index (χ0v) is 16.4. The number of H-pyrrole nitrogens is 1. The minimum absolute atomic E-state index is 0.0466. The third kappa shape index (κ3) is 4.38. The fourth-order valence-electron chi connectivity index (χ4n) is 2.37. The Morgan fingerprint density at radius 2 is 2.14 bits per heavy atom. The van der Waals surface area contributed by atoms with Gasteiger partial charge in [-0.3, -0.25) is 4.79 Å². The molecule has 2 aromatic heterocycles. The second kappa shape index (κ2) is 8.68. The maximum Gasteiger partial charge on any atom is 0.346 e. The van der Waals surface area contributed by atoms with Gasteiger partial charge in [0.1, 0.15) is 5.69 Å². The molecule has 1 aromatic carbocycles. The van der Waals surface area contributed by atoms with Gasteiger partial charge in [-0.2, -0.15) is 10.1 Å². The third-order valence-electron chi connectivity index (χ3n) is 3.60. The van der Waals surface area contributed by atoms with E-state index in [9.17, 15) is 9.59 Å². The van der Waals surface area contributed by atoms with Gasteiger partial charge < -0.3 is 14.5 Å². The lowest BCUT2D eigenvalue weighted by atomic mass is 10.2. The number of hydrogen-bond acceptors (Lipinski definition) is 7. The largest absolute Gasteiger partial charge is 0.493 e. The molecule has 0 saturated carbocycles. The smallest absolute Gasteiger partial charge is 0.346 e. The Balaban J connectivity index is 1.77. The van der Waals surface area contributed by atoms with Gasteiger partial charge in [-0.1, -0.05) is 17.7 Å². The van der Waals surface area contributed by atoms with Crippen LogP contribution in [0.25, 0.3) is 10.6 Å². The number of aromatic amines is 1. The van der Waals surface area contributed by atoms with Crippen LogP contribution < -0.4 is 20.6 Å². The minimum atomic E-state index is -0.619. The lowest BCUT2D eigenvalue weighted by Gasteiger charge is -2.09. The Morgan fingerprint density at radius 3 is 2.82 bits per heavy atom. The summed E-state index contributed by atoms with van der Waals surface area (Å²) in [5.41, 5.74) is 2.77. The Bertz CT molecular complexity index is 1080. The van der Waals surface area contributed by atoms with Gasteiger partial charge in [0.05, 0.1) is 36.0 Å². The molecule has 0 aliphatic heterocycles. The third-order valence-corrected chi connectivity index (χ3v) is 4.78. The molecule has 0 radical (unpaired) electrons. The van der Waals surface area contributed by atoms with Crippen LogP contribution in [-0.2, 0) is 0 Å². The summed E-state index contributed by atoms with van der Waals surface area (Å²) in [7, 11) is 2.97. The molecule has 0 atom stereocenters. The number of carbonyl (C=O) groups is 1. The Labute approximate surface area is 168 Å². The van der Waals surface area contributed by atoms with Crippen molar-refractivity contribution in [2.45, 2.75) is 0 Å². The van der Waals surface area contributed by atoms with Crippen molar-refractivity contribution in [1.82, 2.24) is 15.4 Å². The van der Waals surface area contributed by atoms with Crippen molar-refractivity contribution in [3.05, 3.63) is 62.5 Å². The molecule has 144 valence electrons. The minimum Gasteiger partial charge on any atom is -0.493 e. The highest BCUT2D eigenvalue weighted by molar-refractivity contribution is 7.13. The van der Waals surface area contributed by atoms with Crippen molar-refractivity contribution in [1.29, 1.82) is 0 Å². The zero-order valence-electron chi connectivity index (χ0n) is 14.9. The number of halogens is 1. The topological polar surface area (TPSA) is 106 Å². The highest BCUT2D eigenvalue weighted by Gasteiger charge is 2.12. The second-order valence-electron chi connectivity index (χ2n) is 5.40. The summed E-state index contributed by atoms with van der Waals surface area (Å²) in [6.07, 6.45) is 1.39. The monoisotopic (exact) mass is 418 g/mol. The lowest BCUT2D eigenvalue weighted by Crippen LogP contribution is -2.24. The number of benzene rings is 1. The summed E-state index contributed by atoms with van der Waals surface area (Å²) in [6, 6.07) is 8.43. The SMILES string of the molecule is COc1cc(/C=N/NC(=O)c2cc(-c3cccs3)[nH]c(=O)n2)cc(Cl)c1OC. The molecule has 8 nitrogen and oxygen atoms in total. The summed E-state index contributed by atoms with van der Waals surface area (Å²) >= 11 is 7.57. The van der Waals surface area contributed by atoms with Crippen LogP contribution in [0.1, 0.15) is 16.1 Å². The van der Waals surface area contributed by atoms with E-state index >= 15 is 0 Å². The molecule has 0 aliphatic carbocycles. The molecule has 28 heavy (non-hydrogen) atoms. The van der Waals surface area contributed by atoms with E-state index in [0.29, 0.717) is 27.8 Å². The molecule has 0 aliphatic rings. The first-order valence-electron chi connectivity index (χ1n) is 7.92. The maximum atomic E-state index is 12.3. The fourth-order valence-corrected chi connectivity index (χ4v) is 3.37. The quantitative estimate of drug-likeness (QED) is 0.473. The van der Waals surface area contributed by atoms with E-state index in [-0.39, 0.29) is 5.69 Å². The summed E-state index contributed by atoms with van der Waals surface area (Å²) in [5, 5.41) is 6.09. The van der Waals surface area contributed by atoms with Crippen molar-refractivity contribution in [3.63, 3.8) is 0 Å². The Kier molecular flexibility index (Phi) is 6.07. The highest BCUT2D eigenvalue weighted by Crippen LogP contribution is 2.35. The van der Waals surface area contributed by atoms with Crippen LogP contribution in [0.3, 0.4) is 0 Å². The number of nitrogens with zero attached hydrogens (tertiary/aromatic N) is 2. The number of aromatic nitrogens is 2. The predicted octanol–water partition coefficient (Wildman–Crippen LogP) is 2.93. The average molecular weight is 419 g/mol. The van der Waals surface area contributed by atoms with Crippen LogP contribution in [0.4, 0.5) is 0 Å². The standard InChI is InChI=1S/C18H15ClN4O4S/c1-26-14-7-10(6-11(19)16(14)27-2)9-20-23-17(24)13-8-12(21-18(25)22-13)15-4-3-5-28-15/h3-9H,1-2H3,(H,23,24)(H,21,22,25)/b20-9+. The second-order valence-corrected chi connectivity index (χ2v) is 6.75. The van der Waals surface area contributed by atoms with Crippen LogP contribution >= 0.6 is 22.9 Å². The van der Waals surface area contributed by atoms with Gasteiger partial charge in [-0.05, 0) is 35.2 Å². The molecule has 0 saturated heterocycles. The molecule has 10 heteroatoms. The molecule has 0 bridgehead atoms. The van der Waals surface area contributed by atoms with E-state index in [2.05, 4.69) is 20.5 Å². The number of hydrazone groups is 1. The van der Waals surface area contributed by atoms with Crippen LogP contribution in [0.2, 0.25) is 5.02 Å². The molecule has 0 unspecified atom stereocenters. The zero-order chi connectivity index (χ0) is 20.1. The van der Waals surface area contributed by atoms with E-state index < -0.39 is 11.6 Å². The molecular weight excluding hydrogens is 404 g/mol. The van der Waals surface area contributed by atoms with E-state index in [1.165, 1.54) is 37.8 Å². The molecule has 0 fully saturated rings. The van der Waals surface area contributed by atoms with Crippen LogP contribution in [0, 0.1) is 0 Å². The van der Waals surface area contributed by atoms with E-state index in [1.54, 1.807) is 12.1 Å². The number of amides is 1. The fraction of sp³-hybridized carbons (Fsp3) is 0.111. The van der Waals surface area contributed by atoms with Gasteiger partial charge >= 0.3 is 5.69 Å². The molecule has 3 aromatic rings. The van der Waals surface area contributed by atoms with Crippen molar-refractivity contribution in [3.8, 4) is 22.1 Å². The van der Waals surface area contributed by atoms with Gasteiger partial charge in [-0.25, -0.2) is 10.2 Å². The Morgan fingerprint density at radius 1 is 1.32 bits per heavy atom. The van der Waals surface area contributed by atoms with Gasteiger partial charge in [0.25, 0.3) is 5.91 Å². The van der Waals surface area contributed by atoms with Crippen LogP contribution in [0.5, 0.6) is 11.5 Å². The first kappa shape index (κ1) is 19.6. The predicted molar refractivity (Wildman–Crippen MR) is 108 cm³/mol. The number of nitrogens with one attached hydrogen (secondary N) is 2. The molecule has 3 rings (SSSR count). The summed E-state index contributed by atoms with van der Waals surface area (Å²) in [5.74, 6) is 0.213. The molecular formula is C18H15ClN4O4S. The first-order valence-corrected chi connectivity index (χ1v) is 9.17. The number of ether oxygens (including phenoxy) is 2. The molecule has 2 heterocycles. The molecule has 2 N–H and O–H groups in total. The van der Waals surface area contributed by atoms with Crippen molar-refractivity contribution in [2.75, 3.05) is 14.2 Å². The molecule has 1 amide bonds. The van der Waals surface area contributed by atoms with Gasteiger partial charge in [-0.15, -0.1) is 11.3 Å². The van der Waals surface area contributed by atoms with Crippen molar-refractivity contribution in [2.24, 2.45) is 5.10 Å². The van der Waals surface area contributed by atoms with E-state index in [4.69, 9.17) is 21.1 Å². The van der Waals surface area contributed by atoms with Crippen molar-refractivity contribution >= 4 is 35.1 Å². The first-order chi connectivity index (χ1) is 13.5. The summed E-state index contributed by atoms with van der Waals surface area (Å²) in [4.78, 5) is 31.1. The van der Waals surface area contributed by atoms with E-state index in [0.717, 1.165) is 4.88 Å². The average Bonchev–Trinajstić information content (AvgIpc) is 3.21. The van der Waals surface area contributed by atoms with Gasteiger partial charge in [0, 0.05) is 0 Å². The normalized spacial score (nSPS) is 10.8. The number of rotatable bonds is 6. The molecule has 0 spiro atoms. The number of carbonyl (C=O) groups excluding carboxylic acids is 1. The van der Waals surface area contributed by atoms with Crippen molar-refractivity contribution < 1.29 is 14.3 Å². The van der Waals surface area contributed by atoms with Crippen LogP contribution in [0.15, 0.2) is 45.6 Å². The number of thiophene rings is 1. The Hall–Kier alpha value is -3.17. The van der Waals surface area contributed by atoms with Gasteiger partial charge in [0.15, 0.2) is 11.5 Å². The summed E-state index contributed by atoms with van der Waals surface area (Å²) < 4.78 is 10.4. The number of methoxy groups -OCH3 is 2. The summed E-state index contributed by atoms with van der Waals surface area (Å²) in [6.45, 7) is 0. The number of hydrogen-bond donors (Lipinski definition) is 2.